The minimum Gasteiger partial charge on any atom is -0.457 e. The quantitative estimate of drug-likeness (QED) is 0.398. The van der Waals surface area contributed by atoms with E-state index >= 15 is 0 Å². The first-order valence-corrected chi connectivity index (χ1v) is 7.28. The maximum absolute atomic E-state index is 12.2. The van der Waals surface area contributed by atoms with Gasteiger partial charge in [-0.2, -0.15) is 4.79 Å². The van der Waals surface area contributed by atoms with Crippen LogP contribution in [0.3, 0.4) is 0 Å². The molecule has 1 unspecified atom stereocenters. The number of carbonyl (C=O) groups is 1. The highest BCUT2D eigenvalue weighted by molar-refractivity contribution is 6.37. The predicted octanol–water partition coefficient (Wildman–Crippen LogP) is 2.46. The summed E-state index contributed by atoms with van der Waals surface area (Å²) in [5.41, 5.74) is 8.80. The van der Waals surface area contributed by atoms with Gasteiger partial charge in [0.1, 0.15) is 0 Å². The van der Waals surface area contributed by atoms with Crippen molar-refractivity contribution in [2.45, 2.75) is 19.4 Å². The summed E-state index contributed by atoms with van der Waals surface area (Å²) in [6.07, 6.45) is 0. The number of aryl methyl sites for hydroxylation is 1. The van der Waals surface area contributed by atoms with Gasteiger partial charge in [-0.3, -0.25) is 0 Å². The molecule has 2 rings (SSSR count). The lowest BCUT2D eigenvalue weighted by Crippen LogP contribution is -2.43. The summed E-state index contributed by atoms with van der Waals surface area (Å²) in [6.45, 7) is 3.66. The van der Waals surface area contributed by atoms with Crippen LogP contribution in [0, 0.1) is 6.92 Å². The molecule has 1 atom stereocenters. The minimum absolute atomic E-state index is 0.108. The molecule has 0 aliphatic carbocycles. The SMILES string of the molecule is CCOC(=O)C(=[N+]=[N-])C(O)(c1ccccc1)c1ccc(C)cc1. The standard InChI is InChI=1S/C18H18N2O3/c1-3-23-17(21)16(20-19)18(22,14-7-5-4-6-8-14)15-11-9-13(2)10-12-15/h4-12,22H,3H2,1-2H3. The van der Waals surface area contributed by atoms with Crippen LogP contribution in [0.2, 0.25) is 0 Å². The number of hydrogen-bond donors (Lipinski definition) is 1. The molecule has 5 nitrogen and oxygen atoms in total. The van der Waals surface area contributed by atoms with Gasteiger partial charge in [0, 0.05) is 11.1 Å². The topological polar surface area (TPSA) is 82.9 Å². The maximum atomic E-state index is 12.2. The Morgan fingerprint density at radius 2 is 1.70 bits per heavy atom. The van der Waals surface area contributed by atoms with Crippen molar-refractivity contribution in [3.63, 3.8) is 0 Å². The molecule has 0 saturated heterocycles. The van der Waals surface area contributed by atoms with Gasteiger partial charge >= 0.3 is 11.7 Å². The molecule has 0 bridgehead atoms. The van der Waals surface area contributed by atoms with Gasteiger partial charge in [-0.15, -0.1) is 0 Å². The Morgan fingerprint density at radius 1 is 1.13 bits per heavy atom. The van der Waals surface area contributed by atoms with Crippen LogP contribution in [0.25, 0.3) is 5.53 Å². The molecule has 0 heterocycles. The van der Waals surface area contributed by atoms with E-state index in [2.05, 4.69) is 4.79 Å². The molecular formula is C18H18N2O3. The van der Waals surface area contributed by atoms with E-state index in [0.717, 1.165) is 5.56 Å². The normalized spacial score (nSPS) is 12.8. The second kappa shape index (κ2) is 7.01. The Bertz CT molecular complexity index is 735. The van der Waals surface area contributed by atoms with Crippen LogP contribution in [0.1, 0.15) is 23.6 Å². The summed E-state index contributed by atoms with van der Waals surface area (Å²) in [4.78, 5) is 15.2. The lowest BCUT2D eigenvalue weighted by Gasteiger charge is -2.24. The van der Waals surface area contributed by atoms with Gasteiger partial charge in [0.2, 0.25) is 5.60 Å². The first-order valence-electron chi connectivity index (χ1n) is 7.28. The number of carbonyl (C=O) groups excluding carboxylic acids is 1. The Balaban J connectivity index is 2.67. The number of esters is 1. The summed E-state index contributed by atoms with van der Waals surface area (Å²) in [5, 5.41) is 11.3. The van der Waals surface area contributed by atoms with Crippen molar-refractivity contribution in [3.8, 4) is 0 Å². The van der Waals surface area contributed by atoms with Crippen LogP contribution in [-0.2, 0) is 15.1 Å². The van der Waals surface area contributed by atoms with Gasteiger partial charge in [0.05, 0.1) is 6.61 Å². The third-order valence-electron chi connectivity index (χ3n) is 3.57. The van der Waals surface area contributed by atoms with Crippen LogP contribution in [-0.4, -0.2) is 28.2 Å². The smallest absolute Gasteiger partial charge is 0.421 e. The molecule has 1 N–H and O–H groups in total. The van der Waals surface area contributed by atoms with Crippen molar-refractivity contribution < 1.29 is 19.4 Å². The van der Waals surface area contributed by atoms with Gasteiger partial charge in [-0.25, -0.2) is 4.79 Å². The fraction of sp³-hybridized carbons (Fsp3) is 0.222. The minimum atomic E-state index is -1.91. The molecule has 0 saturated carbocycles. The third-order valence-corrected chi connectivity index (χ3v) is 3.57. The van der Waals surface area contributed by atoms with Crippen LogP contribution >= 0.6 is 0 Å². The van der Waals surface area contributed by atoms with Gasteiger partial charge in [-0.1, -0.05) is 60.2 Å². The summed E-state index contributed by atoms with van der Waals surface area (Å²) in [6, 6.07) is 15.6. The second-order valence-electron chi connectivity index (χ2n) is 5.11. The lowest BCUT2D eigenvalue weighted by molar-refractivity contribution is -0.142. The average Bonchev–Trinajstić information content (AvgIpc) is 2.57. The van der Waals surface area contributed by atoms with E-state index in [4.69, 9.17) is 4.74 Å². The van der Waals surface area contributed by atoms with E-state index in [1.54, 1.807) is 49.4 Å². The molecule has 5 heteroatoms. The maximum Gasteiger partial charge on any atom is 0.421 e. The fourth-order valence-electron chi connectivity index (χ4n) is 2.37. The molecule has 0 spiro atoms. The first kappa shape index (κ1) is 16.6. The molecule has 0 aliphatic rings. The van der Waals surface area contributed by atoms with Gasteiger partial charge in [0.25, 0.3) is 0 Å². The zero-order valence-electron chi connectivity index (χ0n) is 13.1. The van der Waals surface area contributed by atoms with Crippen molar-refractivity contribution >= 4 is 11.7 Å². The number of aliphatic hydroxyl groups is 1. The van der Waals surface area contributed by atoms with E-state index in [1.165, 1.54) is 0 Å². The predicted molar refractivity (Wildman–Crippen MR) is 85.9 cm³/mol. The molecule has 0 amide bonds. The molecule has 2 aromatic carbocycles. The highest BCUT2D eigenvalue weighted by Gasteiger charge is 2.49. The van der Waals surface area contributed by atoms with Crippen molar-refractivity contribution in [2.24, 2.45) is 0 Å². The van der Waals surface area contributed by atoms with Gasteiger partial charge in [-0.05, 0) is 13.8 Å². The van der Waals surface area contributed by atoms with E-state index < -0.39 is 17.3 Å². The van der Waals surface area contributed by atoms with Gasteiger partial charge < -0.3 is 15.4 Å². The molecular weight excluding hydrogens is 292 g/mol. The summed E-state index contributed by atoms with van der Waals surface area (Å²) in [7, 11) is 0. The molecule has 118 valence electrons. The lowest BCUT2D eigenvalue weighted by atomic mass is 9.82. The molecule has 23 heavy (non-hydrogen) atoms. The Hall–Kier alpha value is -2.75. The molecule has 0 radical (unpaired) electrons. The number of nitrogens with zero attached hydrogens (tertiary/aromatic N) is 2. The second-order valence-corrected chi connectivity index (χ2v) is 5.11. The molecule has 0 aromatic heterocycles. The number of benzene rings is 2. The van der Waals surface area contributed by atoms with Gasteiger partial charge in [0.15, 0.2) is 0 Å². The zero-order valence-corrected chi connectivity index (χ0v) is 13.1. The number of rotatable bonds is 5. The highest BCUT2D eigenvalue weighted by atomic mass is 16.5. The van der Waals surface area contributed by atoms with Crippen molar-refractivity contribution in [3.05, 3.63) is 76.8 Å². The Kier molecular flexibility index (Phi) is 5.06. The van der Waals surface area contributed by atoms with E-state index in [0.29, 0.717) is 11.1 Å². The van der Waals surface area contributed by atoms with Crippen molar-refractivity contribution in [1.82, 2.24) is 0 Å². The Labute approximate surface area is 134 Å². The van der Waals surface area contributed by atoms with Crippen LogP contribution in [0.4, 0.5) is 0 Å². The first-order chi connectivity index (χ1) is 11.0. The van der Waals surface area contributed by atoms with E-state index in [1.807, 2.05) is 19.1 Å². The molecule has 0 fully saturated rings. The summed E-state index contributed by atoms with van der Waals surface area (Å²) in [5.74, 6) is -0.873. The molecule has 0 aliphatic heterocycles. The fourth-order valence-corrected chi connectivity index (χ4v) is 2.37. The highest BCUT2D eigenvalue weighted by Crippen LogP contribution is 2.31. The van der Waals surface area contributed by atoms with E-state index in [9.17, 15) is 15.4 Å². The third kappa shape index (κ3) is 3.21. The van der Waals surface area contributed by atoms with Crippen molar-refractivity contribution in [2.75, 3.05) is 6.61 Å². The van der Waals surface area contributed by atoms with Crippen molar-refractivity contribution in [1.29, 1.82) is 0 Å². The number of hydrogen-bond acceptors (Lipinski definition) is 3. The average molecular weight is 310 g/mol. The largest absolute Gasteiger partial charge is 0.457 e. The van der Waals surface area contributed by atoms with Crippen LogP contribution in [0.5, 0.6) is 0 Å². The Morgan fingerprint density at radius 3 is 2.22 bits per heavy atom. The summed E-state index contributed by atoms with van der Waals surface area (Å²) >= 11 is 0. The van der Waals surface area contributed by atoms with E-state index in [-0.39, 0.29) is 6.61 Å². The molecule has 2 aromatic rings. The number of ether oxygens (including phenoxy) is 1. The zero-order chi connectivity index (χ0) is 16.9. The monoisotopic (exact) mass is 310 g/mol. The van der Waals surface area contributed by atoms with Crippen LogP contribution in [0.15, 0.2) is 54.6 Å². The summed E-state index contributed by atoms with van der Waals surface area (Å²) < 4.78 is 4.92. The van der Waals surface area contributed by atoms with Crippen LogP contribution < -0.4 is 0 Å².